The van der Waals surface area contributed by atoms with Gasteiger partial charge in [-0.15, -0.1) is 11.7 Å². The van der Waals surface area contributed by atoms with Crippen molar-refractivity contribution in [2.45, 2.75) is 25.2 Å². The average Bonchev–Trinajstić information content (AvgIpc) is 3.22. The smallest absolute Gasteiger partial charge is 0.475 e. The maximum Gasteiger partial charge on any atom is 0.490 e. The van der Waals surface area contributed by atoms with E-state index in [0.717, 1.165) is 25.2 Å². The molecule has 2 aromatic rings. The van der Waals surface area contributed by atoms with Crippen molar-refractivity contribution in [1.29, 1.82) is 0 Å². The molecule has 0 aromatic carbocycles. The van der Waals surface area contributed by atoms with Gasteiger partial charge >= 0.3 is 12.1 Å². The molecule has 0 bridgehead atoms. The number of nitrogens with zero attached hydrogens (tertiary/aromatic N) is 6. The number of hydrogen-bond acceptors (Lipinski definition) is 6. The predicted octanol–water partition coefficient (Wildman–Crippen LogP) is 1.48. The number of hydrogen-bond donors (Lipinski definition) is 1. The first-order valence-electron chi connectivity index (χ1n) is 8.72. The number of aliphatic carboxylic acids is 1. The molecule has 1 aliphatic heterocycles. The van der Waals surface area contributed by atoms with E-state index in [1.54, 1.807) is 6.08 Å². The summed E-state index contributed by atoms with van der Waals surface area (Å²) < 4.78 is 41.1. The van der Waals surface area contributed by atoms with Gasteiger partial charge in [-0.3, -0.25) is 14.3 Å². The summed E-state index contributed by atoms with van der Waals surface area (Å²) in [4.78, 5) is 11.3. The Balaban J connectivity index is 0.000000370. The lowest BCUT2D eigenvalue weighted by Gasteiger charge is -2.34. The summed E-state index contributed by atoms with van der Waals surface area (Å²) in [5.41, 5.74) is 3.43. The van der Waals surface area contributed by atoms with Gasteiger partial charge in [-0.05, 0) is 0 Å². The second-order valence-electron chi connectivity index (χ2n) is 6.43. The summed E-state index contributed by atoms with van der Waals surface area (Å²) in [5.74, 6) is -2.76. The molecule has 0 amide bonds. The van der Waals surface area contributed by atoms with Crippen LogP contribution in [0, 0.1) is 0 Å². The molecule has 12 heteroatoms. The zero-order valence-electron chi connectivity index (χ0n) is 16.1. The number of halogens is 3. The van der Waals surface area contributed by atoms with E-state index in [1.165, 1.54) is 11.3 Å². The number of aryl methyl sites for hydroxylation is 2. The van der Waals surface area contributed by atoms with Gasteiger partial charge in [0.2, 0.25) is 0 Å². The fourth-order valence-corrected chi connectivity index (χ4v) is 2.94. The van der Waals surface area contributed by atoms with Crippen molar-refractivity contribution in [2.24, 2.45) is 14.1 Å². The summed E-state index contributed by atoms with van der Waals surface area (Å²) in [6.45, 7) is 6.65. The van der Waals surface area contributed by atoms with Crippen LogP contribution < -0.4 is 0 Å². The molecule has 160 valence electrons. The van der Waals surface area contributed by atoms with E-state index in [0.29, 0.717) is 13.2 Å². The van der Waals surface area contributed by atoms with E-state index in [4.69, 9.17) is 14.6 Å². The van der Waals surface area contributed by atoms with E-state index in [-0.39, 0.29) is 6.04 Å². The van der Waals surface area contributed by atoms with Crippen LogP contribution in [0.3, 0.4) is 0 Å². The van der Waals surface area contributed by atoms with Crippen LogP contribution in [0.4, 0.5) is 13.2 Å². The molecular formula is C17H23F3N6O3. The molecule has 0 spiro atoms. The molecule has 2 aromatic heterocycles. The third kappa shape index (κ3) is 6.12. The highest BCUT2D eigenvalue weighted by Gasteiger charge is 2.38. The standard InChI is InChI=1S/C15H22N6O.C2HF3O2/c1-4-7-22-11-14-15-13(20(3)18-17-15)5-6-21(14)10-12-8-16-19(2)9-12;3-2(4,5)1(6)7/h4,8-9,14H,1,5-7,10-11H2,2-3H3;(H,6,7). The second-order valence-corrected chi connectivity index (χ2v) is 6.43. The Hall–Kier alpha value is -2.73. The summed E-state index contributed by atoms with van der Waals surface area (Å²) >= 11 is 0. The Bertz CT molecular complexity index is 833. The number of carboxylic acids is 1. The monoisotopic (exact) mass is 416 g/mol. The van der Waals surface area contributed by atoms with E-state index in [2.05, 4.69) is 26.9 Å². The van der Waals surface area contributed by atoms with Gasteiger partial charge in [0.05, 0.1) is 31.1 Å². The normalized spacial score (nSPS) is 16.7. The quantitative estimate of drug-likeness (QED) is 0.563. The summed E-state index contributed by atoms with van der Waals surface area (Å²) in [7, 11) is 3.88. The lowest BCUT2D eigenvalue weighted by molar-refractivity contribution is -0.192. The summed E-state index contributed by atoms with van der Waals surface area (Å²) in [5, 5.41) is 19.9. The molecule has 0 fully saturated rings. The highest BCUT2D eigenvalue weighted by Crippen LogP contribution is 2.29. The van der Waals surface area contributed by atoms with Crippen LogP contribution in [0.5, 0.6) is 0 Å². The Morgan fingerprint density at radius 3 is 2.69 bits per heavy atom. The van der Waals surface area contributed by atoms with Gasteiger partial charge in [0.1, 0.15) is 5.69 Å². The zero-order chi connectivity index (χ0) is 21.6. The Kier molecular flexibility index (Phi) is 7.51. The van der Waals surface area contributed by atoms with Crippen molar-refractivity contribution in [3.05, 3.63) is 42.0 Å². The summed E-state index contributed by atoms with van der Waals surface area (Å²) in [6.07, 6.45) is 1.60. The predicted molar refractivity (Wildman–Crippen MR) is 95.8 cm³/mol. The molecule has 0 radical (unpaired) electrons. The first-order valence-corrected chi connectivity index (χ1v) is 8.72. The highest BCUT2D eigenvalue weighted by molar-refractivity contribution is 5.73. The summed E-state index contributed by atoms with van der Waals surface area (Å²) in [6, 6.07) is 0.123. The largest absolute Gasteiger partial charge is 0.490 e. The Morgan fingerprint density at radius 2 is 2.14 bits per heavy atom. The zero-order valence-corrected chi connectivity index (χ0v) is 16.1. The first kappa shape index (κ1) is 22.6. The maximum atomic E-state index is 10.6. The van der Waals surface area contributed by atoms with Gasteiger partial charge in [0, 0.05) is 45.4 Å². The second kappa shape index (κ2) is 9.65. The lowest BCUT2D eigenvalue weighted by Crippen LogP contribution is -2.38. The minimum Gasteiger partial charge on any atom is -0.475 e. The number of ether oxygens (including phenoxy) is 1. The van der Waals surface area contributed by atoms with Crippen molar-refractivity contribution >= 4 is 5.97 Å². The number of carboxylic acid groups (broad SMARTS) is 1. The Morgan fingerprint density at radius 1 is 1.45 bits per heavy atom. The molecule has 29 heavy (non-hydrogen) atoms. The van der Waals surface area contributed by atoms with Gasteiger partial charge in [-0.25, -0.2) is 4.79 Å². The van der Waals surface area contributed by atoms with Crippen LogP contribution in [0.15, 0.2) is 25.0 Å². The van der Waals surface area contributed by atoms with E-state index in [1.807, 2.05) is 35.9 Å². The van der Waals surface area contributed by atoms with Crippen LogP contribution in [-0.2, 0) is 36.6 Å². The van der Waals surface area contributed by atoms with Crippen molar-refractivity contribution in [1.82, 2.24) is 29.7 Å². The van der Waals surface area contributed by atoms with Crippen LogP contribution in [0.2, 0.25) is 0 Å². The molecular weight excluding hydrogens is 393 g/mol. The van der Waals surface area contributed by atoms with Crippen molar-refractivity contribution in [2.75, 3.05) is 19.8 Å². The first-order chi connectivity index (χ1) is 13.6. The third-order valence-electron chi connectivity index (χ3n) is 4.26. The third-order valence-corrected chi connectivity index (χ3v) is 4.26. The van der Waals surface area contributed by atoms with Gasteiger partial charge in [-0.1, -0.05) is 11.3 Å². The molecule has 0 saturated carbocycles. The molecule has 0 aliphatic carbocycles. The Labute approximate surface area is 165 Å². The van der Waals surface area contributed by atoms with Crippen molar-refractivity contribution in [3.63, 3.8) is 0 Å². The van der Waals surface area contributed by atoms with Crippen LogP contribution in [0.1, 0.15) is 23.0 Å². The molecule has 1 atom stereocenters. The number of aromatic nitrogens is 5. The number of rotatable bonds is 6. The SMILES string of the molecule is C=CCOCC1c2nnn(C)c2CCN1Cc1cnn(C)c1.O=C(O)C(F)(F)F. The molecule has 1 unspecified atom stereocenters. The molecule has 9 nitrogen and oxygen atoms in total. The molecule has 1 N–H and O–H groups in total. The highest BCUT2D eigenvalue weighted by atomic mass is 19.4. The lowest BCUT2D eigenvalue weighted by atomic mass is 10.0. The van der Waals surface area contributed by atoms with Gasteiger partial charge in [0.25, 0.3) is 0 Å². The van der Waals surface area contributed by atoms with E-state index in [9.17, 15) is 13.2 Å². The number of fused-ring (bicyclic) bond motifs is 1. The van der Waals surface area contributed by atoms with Gasteiger partial charge < -0.3 is 9.84 Å². The number of alkyl halides is 3. The van der Waals surface area contributed by atoms with Crippen LogP contribution in [-0.4, -0.2) is 66.7 Å². The average molecular weight is 416 g/mol. The topological polar surface area (TPSA) is 98.3 Å². The van der Waals surface area contributed by atoms with Crippen LogP contribution >= 0.6 is 0 Å². The molecule has 1 aliphatic rings. The van der Waals surface area contributed by atoms with Crippen molar-refractivity contribution in [3.8, 4) is 0 Å². The fraction of sp³-hybridized carbons (Fsp3) is 0.529. The fourth-order valence-electron chi connectivity index (χ4n) is 2.94. The van der Waals surface area contributed by atoms with Crippen LogP contribution in [0.25, 0.3) is 0 Å². The minimum atomic E-state index is -5.08. The molecule has 3 heterocycles. The number of carbonyl (C=O) groups is 1. The van der Waals surface area contributed by atoms with E-state index >= 15 is 0 Å². The minimum absolute atomic E-state index is 0.123. The van der Waals surface area contributed by atoms with Gasteiger partial charge in [-0.2, -0.15) is 18.3 Å². The van der Waals surface area contributed by atoms with Gasteiger partial charge in [0.15, 0.2) is 0 Å². The molecule has 0 saturated heterocycles. The van der Waals surface area contributed by atoms with E-state index < -0.39 is 12.1 Å². The van der Waals surface area contributed by atoms with Crippen molar-refractivity contribution < 1.29 is 27.8 Å². The maximum absolute atomic E-state index is 10.6. The molecule has 3 rings (SSSR count).